The van der Waals surface area contributed by atoms with Crippen LogP contribution in [0.25, 0.3) is 0 Å². The number of nitrogens with zero attached hydrogens (tertiary/aromatic N) is 3. The van der Waals surface area contributed by atoms with E-state index in [4.69, 9.17) is 4.74 Å². The zero-order chi connectivity index (χ0) is 19.4. The lowest BCUT2D eigenvalue weighted by atomic mass is 10.2. The summed E-state index contributed by atoms with van der Waals surface area (Å²) in [6.45, 7) is 2.36. The van der Waals surface area contributed by atoms with E-state index in [1.54, 1.807) is 36.2 Å². The highest BCUT2D eigenvalue weighted by atomic mass is 32.2. The quantitative estimate of drug-likeness (QED) is 0.802. The monoisotopic (exact) mass is 390 g/mol. The Morgan fingerprint density at radius 2 is 2.11 bits per heavy atom. The number of carbonyl (C=O) groups is 1. The van der Waals surface area contributed by atoms with Gasteiger partial charge in [-0.15, -0.1) is 0 Å². The molecule has 1 aromatic carbocycles. The van der Waals surface area contributed by atoms with Crippen LogP contribution in [0.4, 0.5) is 11.5 Å². The van der Waals surface area contributed by atoms with Crippen molar-refractivity contribution in [2.45, 2.75) is 19.4 Å². The minimum atomic E-state index is -3.00. The Balaban J connectivity index is 1.76. The second-order valence-electron chi connectivity index (χ2n) is 6.31. The van der Waals surface area contributed by atoms with Crippen molar-refractivity contribution in [3.63, 3.8) is 0 Å². The second kappa shape index (κ2) is 7.91. The third kappa shape index (κ3) is 4.54. The van der Waals surface area contributed by atoms with Gasteiger partial charge in [0.1, 0.15) is 23.6 Å². The number of amides is 1. The van der Waals surface area contributed by atoms with Gasteiger partial charge in [0.2, 0.25) is 0 Å². The van der Waals surface area contributed by atoms with Crippen LogP contribution in [0.1, 0.15) is 23.8 Å². The van der Waals surface area contributed by atoms with Gasteiger partial charge in [0, 0.05) is 19.2 Å². The molecule has 1 atom stereocenters. The molecule has 1 aliphatic heterocycles. The maximum absolute atomic E-state index is 12.6. The maximum Gasteiger partial charge on any atom is 0.274 e. The number of para-hydroxylation sites is 2. The molecule has 0 aliphatic carbocycles. The molecule has 0 saturated carbocycles. The fourth-order valence-electron chi connectivity index (χ4n) is 2.97. The number of sulfone groups is 1. The topological polar surface area (TPSA) is 101 Å². The Bertz CT molecular complexity index is 932. The fourth-order valence-corrected chi connectivity index (χ4v) is 4.74. The van der Waals surface area contributed by atoms with E-state index in [1.807, 2.05) is 13.0 Å². The van der Waals surface area contributed by atoms with E-state index in [9.17, 15) is 13.2 Å². The molecule has 8 nitrogen and oxygen atoms in total. The van der Waals surface area contributed by atoms with E-state index in [0.29, 0.717) is 30.3 Å². The first-order valence-corrected chi connectivity index (χ1v) is 10.5. The number of carbonyl (C=O) groups excluding carboxylic acids is 1. The Kier molecular flexibility index (Phi) is 5.59. The van der Waals surface area contributed by atoms with Gasteiger partial charge < -0.3 is 15.0 Å². The van der Waals surface area contributed by atoms with Gasteiger partial charge in [0.15, 0.2) is 9.84 Å². The van der Waals surface area contributed by atoms with Crippen LogP contribution < -0.4 is 15.0 Å². The first-order valence-electron chi connectivity index (χ1n) is 8.68. The van der Waals surface area contributed by atoms with Crippen LogP contribution in [0.2, 0.25) is 0 Å². The molecular formula is C18H22N4O4S. The molecule has 1 fully saturated rings. The zero-order valence-electron chi connectivity index (χ0n) is 15.3. The van der Waals surface area contributed by atoms with Crippen molar-refractivity contribution in [2.24, 2.45) is 0 Å². The van der Waals surface area contributed by atoms with E-state index in [-0.39, 0.29) is 23.2 Å². The highest BCUT2D eigenvalue weighted by molar-refractivity contribution is 7.91. The molecule has 0 spiro atoms. The smallest absolute Gasteiger partial charge is 0.274 e. The first kappa shape index (κ1) is 19.1. The number of benzene rings is 1. The molecule has 0 bridgehead atoms. The summed E-state index contributed by atoms with van der Waals surface area (Å²) in [5.74, 6) is 0.968. The molecule has 1 saturated heterocycles. The van der Waals surface area contributed by atoms with Gasteiger partial charge in [0.25, 0.3) is 5.91 Å². The molecule has 2 aromatic rings. The summed E-state index contributed by atoms with van der Waals surface area (Å²) in [4.78, 5) is 22.6. The van der Waals surface area contributed by atoms with E-state index >= 15 is 0 Å². The Labute approximate surface area is 158 Å². The van der Waals surface area contributed by atoms with Crippen molar-refractivity contribution in [1.82, 2.24) is 9.97 Å². The van der Waals surface area contributed by atoms with E-state index in [0.717, 1.165) is 0 Å². The summed E-state index contributed by atoms with van der Waals surface area (Å²) < 4.78 is 28.9. The van der Waals surface area contributed by atoms with Crippen molar-refractivity contribution in [3.05, 3.63) is 42.4 Å². The molecule has 0 radical (unpaired) electrons. The molecule has 27 heavy (non-hydrogen) atoms. The van der Waals surface area contributed by atoms with Gasteiger partial charge in [-0.3, -0.25) is 4.79 Å². The summed E-state index contributed by atoms with van der Waals surface area (Å²) in [5.41, 5.74) is 0.749. The molecule has 3 rings (SSSR count). The van der Waals surface area contributed by atoms with Gasteiger partial charge in [-0.1, -0.05) is 12.1 Å². The lowest BCUT2D eigenvalue weighted by Crippen LogP contribution is -2.33. The number of hydrogen-bond acceptors (Lipinski definition) is 7. The number of anilines is 2. The Morgan fingerprint density at radius 1 is 1.33 bits per heavy atom. The van der Waals surface area contributed by atoms with Gasteiger partial charge in [-0.2, -0.15) is 0 Å². The van der Waals surface area contributed by atoms with E-state index in [2.05, 4.69) is 15.3 Å². The van der Waals surface area contributed by atoms with E-state index < -0.39 is 15.7 Å². The lowest BCUT2D eigenvalue weighted by molar-refractivity contribution is 0.102. The highest BCUT2D eigenvalue weighted by Gasteiger charge is 2.31. The third-order valence-electron chi connectivity index (χ3n) is 4.44. The summed E-state index contributed by atoms with van der Waals surface area (Å²) >= 11 is 0. The average molecular weight is 390 g/mol. The van der Waals surface area contributed by atoms with Gasteiger partial charge >= 0.3 is 0 Å². The number of rotatable bonds is 6. The molecule has 1 N–H and O–H groups in total. The van der Waals surface area contributed by atoms with Crippen LogP contribution in [-0.4, -0.2) is 55.5 Å². The number of nitrogens with one attached hydrogen (secondary N) is 1. The van der Waals surface area contributed by atoms with Crippen molar-refractivity contribution in [1.29, 1.82) is 0 Å². The van der Waals surface area contributed by atoms with E-state index in [1.165, 1.54) is 6.33 Å². The van der Waals surface area contributed by atoms with Crippen molar-refractivity contribution in [3.8, 4) is 5.75 Å². The fraction of sp³-hybridized carbons (Fsp3) is 0.389. The Hall–Kier alpha value is -2.68. The standard InChI is InChI=1S/C18H22N4O4S/c1-3-26-16-7-5-4-6-14(16)21-18(23)15-10-17(20-12-19-15)22(2)13-8-9-27(24,25)11-13/h4-7,10,12-13H,3,8-9,11H2,1-2H3,(H,21,23). The number of aromatic nitrogens is 2. The molecule has 1 aliphatic rings. The summed E-state index contributed by atoms with van der Waals surface area (Å²) in [7, 11) is -1.23. The van der Waals surface area contributed by atoms with Crippen molar-refractivity contribution < 1.29 is 17.9 Å². The predicted octanol–water partition coefficient (Wildman–Crippen LogP) is 1.75. The third-order valence-corrected chi connectivity index (χ3v) is 6.19. The van der Waals surface area contributed by atoms with Crippen LogP contribution in [0.15, 0.2) is 36.7 Å². The minimum Gasteiger partial charge on any atom is -0.492 e. The zero-order valence-corrected chi connectivity index (χ0v) is 16.1. The molecule has 1 unspecified atom stereocenters. The van der Waals surface area contributed by atoms with Crippen LogP contribution in [0.3, 0.4) is 0 Å². The molecular weight excluding hydrogens is 368 g/mol. The molecule has 144 valence electrons. The molecule has 9 heteroatoms. The SMILES string of the molecule is CCOc1ccccc1NC(=O)c1cc(N(C)C2CCS(=O)(=O)C2)ncn1. The lowest BCUT2D eigenvalue weighted by Gasteiger charge is -2.24. The number of ether oxygens (including phenoxy) is 1. The largest absolute Gasteiger partial charge is 0.492 e. The Morgan fingerprint density at radius 3 is 2.81 bits per heavy atom. The maximum atomic E-state index is 12.6. The molecule has 1 aromatic heterocycles. The molecule has 2 heterocycles. The molecule has 1 amide bonds. The van der Waals surface area contributed by atoms with Crippen LogP contribution in [0.5, 0.6) is 5.75 Å². The van der Waals surface area contributed by atoms with Crippen LogP contribution in [0, 0.1) is 0 Å². The van der Waals surface area contributed by atoms with Crippen molar-refractivity contribution in [2.75, 3.05) is 35.4 Å². The normalized spacial score (nSPS) is 18.1. The van der Waals surface area contributed by atoms with Crippen LogP contribution in [-0.2, 0) is 9.84 Å². The average Bonchev–Trinajstić information content (AvgIpc) is 3.03. The first-order chi connectivity index (χ1) is 12.9. The summed E-state index contributed by atoms with van der Waals surface area (Å²) in [6.07, 6.45) is 1.85. The predicted molar refractivity (Wildman–Crippen MR) is 103 cm³/mol. The van der Waals surface area contributed by atoms with Gasteiger partial charge in [-0.05, 0) is 25.5 Å². The summed E-state index contributed by atoms with van der Waals surface area (Å²) in [6, 6.07) is 8.56. The van der Waals surface area contributed by atoms with Gasteiger partial charge in [-0.25, -0.2) is 18.4 Å². The number of hydrogen-bond donors (Lipinski definition) is 1. The highest BCUT2D eigenvalue weighted by Crippen LogP contribution is 2.25. The van der Waals surface area contributed by atoms with Gasteiger partial charge in [0.05, 0.1) is 23.8 Å². The van der Waals surface area contributed by atoms with Crippen LogP contribution >= 0.6 is 0 Å². The minimum absolute atomic E-state index is 0.0940. The summed E-state index contributed by atoms with van der Waals surface area (Å²) in [5, 5.41) is 2.79. The second-order valence-corrected chi connectivity index (χ2v) is 8.54. The van der Waals surface area contributed by atoms with Crippen molar-refractivity contribution >= 4 is 27.2 Å².